The van der Waals surface area contributed by atoms with E-state index >= 15 is 0 Å². The Morgan fingerprint density at radius 2 is 2.00 bits per heavy atom. The molecular formula is C13H9BrClNO2S2. The van der Waals surface area contributed by atoms with E-state index in [1.54, 1.807) is 24.3 Å². The maximum absolute atomic E-state index is 11.9. The van der Waals surface area contributed by atoms with Gasteiger partial charge >= 0.3 is 0 Å². The van der Waals surface area contributed by atoms with Crippen LogP contribution < -0.4 is 4.72 Å². The second-order valence-corrected chi connectivity index (χ2v) is 8.53. The summed E-state index contributed by atoms with van der Waals surface area (Å²) in [5, 5.41) is 0.546. The van der Waals surface area contributed by atoms with Crippen molar-refractivity contribution in [2.75, 3.05) is 6.54 Å². The molecule has 20 heavy (non-hydrogen) atoms. The van der Waals surface area contributed by atoms with E-state index < -0.39 is 10.0 Å². The Hall–Kier alpha value is -0.840. The number of thiophene rings is 1. The van der Waals surface area contributed by atoms with Crippen molar-refractivity contribution in [2.24, 2.45) is 0 Å². The van der Waals surface area contributed by atoms with Crippen LogP contribution in [0.25, 0.3) is 0 Å². The predicted molar refractivity (Wildman–Crippen MR) is 85.5 cm³/mol. The Balaban J connectivity index is 2.02. The first kappa shape index (κ1) is 15.5. The average Bonchev–Trinajstić information content (AvgIpc) is 2.84. The van der Waals surface area contributed by atoms with Crippen LogP contribution in [0, 0.1) is 11.8 Å². The van der Waals surface area contributed by atoms with E-state index in [-0.39, 0.29) is 10.8 Å². The summed E-state index contributed by atoms with van der Waals surface area (Å²) >= 11 is 10.3. The van der Waals surface area contributed by atoms with Gasteiger partial charge in [0.2, 0.25) is 0 Å². The molecule has 0 spiro atoms. The molecule has 1 aromatic carbocycles. The molecule has 0 unspecified atom stereocenters. The Morgan fingerprint density at radius 3 is 2.65 bits per heavy atom. The van der Waals surface area contributed by atoms with E-state index in [4.69, 9.17) is 11.6 Å². The summed E-state index contributed by atoms with van der Waals surface area (Å²) in [5.74, 6) is 5.57. The summed E-state index contributed by atoms with van der Waals surface area (Å²) in [6.07, 6.45) is 0. The van der Waals surface area contributed by atoms with Gasteiger partial charge in [0.15, 0.2) is 0 Å². The highest BCUT2D eigenvalue weighted by molar-refractivity contribution is 9.11. The number of halogens is 2. The molecule has 3 nitrogen and oxygen atoms in total. The monoisotopic (exact) mass is 389 g/mol. The van der Waals surface area contributed by atoms with Crippen molar-refractivity contribution in [3.8, 4) is 11.8 Å². The van der Waals surface area contributed by atoms with Crippen LogP contribution in [-0.4, -0.2) is 15.0 Å². The second kappa shape index (κ2) is 6.74. The van der Waals surface area contributed by atoms with Crippen LogP contribution in [-0.2, 0) is 10.0 Å². The van der Waals surface area contributed by atoms with Crippen LogP contribution >= 0.6 is 38.9 Å². The molecule has 0 aliphatic rings. The summed E-state index contributed by atoms with van der Waals surface area (Å²) in [6.45, 7) is 0.0308. The zero-order chi connectivity index (χ0) is 14.6. The van der Waals surface area contributed by atoms with E-state index in [9.17, 15) is 8.42 Å². The molecule has 1 heterocycles. The molecule has 0 radical (unpaired) electrons. The first-order valence-corrected chi connectivity index (χ1v) is 8.94. The van der Waals surface area contributed by atoms with Crippen LogP contribution in [0.15, 0.2) is 44.4 Å². The highest BCUT2D eigenvalue weighted by atomic mass is 79.9. The first-order valence-electron chi connectivity index (χ1n) is 5.47. The third-order valence-electron chi connectivity index (χ3n) is 2.26. The molecule has 0 saturated carbocycles. The minimum atomic E-state index is -3.50. The number of nitrogens with one attached hydrogen (secondary N) is 1. The molecule has 1 N–H and O–H groups in total. The standard InChI is InChI=1S/C13H9BrClNO2S2/c14-12-7-8-13(19-12)20(17,18)16-9-3-5-10-4-1-2-6-11(10)15/h1-2,4,6-8,16H,9H2. The van der Waals surface area contributed by atoms with E-state index in [1.165, 1.54) is 0 Å². The first-order chi connectivity index (χ1) is 9.49. The summed E-state index contributed by atoms with van der Waals surface area (Å²) in [4.78, 5) is 0. The van der Waals surface area contributed by atoms with Gasteiger partial charge in [0.1, 0.15) is 4.21 Å². The minimum Gasteiger partial charge on any atom is -0.206 e. The van der Waals surface area contributed by atoms with Gasteiger partial charge in [-0.15, -0.1) is 11.3 Å². The molecule has 7 heteroatoms. The molecule has 0 aliphatic carbocycles. The van der Waals surface area contributed by atoms with Crippen LogP contribution in [0.4, 0.5) is 0 Å². The number of hydrogen-bond acceptors (Lipinski definition) is 3. The van der Waals surface area contributed by atoms with Crippen molar-refractivity contribution in [2.45, 2.75) is 4.21 Å². The molecule has 0 saturated heterocycles. The predicted octanol–water partition coefficient (Wildman–Crippen LogP) is 3.49. The van der Waals surface area contributed by atoms with Gasteiger partial charge < -0.3 is 0 Å². The van der Waals surface area contributed by atoms with Crippen molar-refractivity contribution in [3.63, 3.8) is 0 Å². The molecule has 2 aromatic rings. The van der Waals surface area contributed by atoms with Gasteiger partial charge in [0.25, 0.3) is 10.0 Å². The fourth-order valence-electron chi connectivity index (χ4n) is 1.35. The summed E-state index contributed by atoms with van der Waals surface area (Å²) < 4.78 is 27.3. The van der Waals surface area contributed by atoms with Crippen molar-refractivity contribution < 1.29 is 8.42 Å². The van der Waals surface area contributed by atoms with Crippen LogP contribution in [0.2, 0.25) is 5.02 Å². The van der Waals surface area contributed by atoms with Crippen molar-refractivity contribution in [1.29, 1.82) is 0 Å². The Kier molecular flexibility index (Phi) is 5.24. The fraction of sp³-hybridized carbons (Fsp3) is 0.0769. The number of benzene rings is 1. The molecule has 2 rings (SSSR count). The zero-order valence-corrected chi connectivity index (χ0v) is 14.0. The number of hydrogen-bond donors (Lipinski definition) is 1. The van der Waals surface area contributed by atoms with Gasteiger partial charge in [0, 0.05) is 5.56 Å². The van der Waals surface area contributed by atoms with E-state index in [2.05, 4.69) is 32.5 Å². The SMILES string of the molecule is O=S(=O)(NCC#Cc1ccccc1Cl)c1ccc(Br)s1. The van der Waals surface area contributed by atoms with Crippen LogP contribution in [0.3, 0.4) is 0 Å². The summed E-state index contributed by atoms with van der Waals surface area (Å²) in [6, 6.07) is 10.4. The van der Waals surface area contributed by atoms with Gasteiger partial charge in [-0.2, -0.15) is 4.72 Å². The van der Waals surface area contributed by atoms with Crippen molar-refractivity contribution >= 4 is 48.9 Å². The summed E-state index contributed by atoms with van der Waals surface area (Å²) in [5.41, 5.74) is 0.673. The highest BCUT2D eigenvalue weighted by Crippen LogP contribution is 2.25. The highest BCUT2D eigenvalue weighted by Gasteiger charge is 2.14. The molecule has 0 aliphatic heterocycles. The zero-order valence-electron chi connectivity index (χ0n) is 10.1. The molecular weight excluding hydrogens is 382 g/mol. The lowest BCUT2D eigenvalue weighted by atomic mass is 10.2. The normalized spacial score (nSPS) is 10.9. The van der Waals surface area contributed by atoms with Gasteiger partial charge in [-0.25, -0.2) is 8.42 Å². The van der Waals surface area contributed by atoms with Gasteiger partial charge in [-0.05, 0) is 40.2 Å². The molecule has 0 atom stereocenters. The van der Waals surface area contributed by atoms with E-state index in [1.807, 2.05) is 12.1 Å². The molecule has 0 bridgehead atoms. The van der Waals surface area contributed by atoms with Crippen molar-refractivity contribution in [1.82, 2.24) is 4.72 Å². The Morgan fingerprint density at radius 1 is 1.25 bits per heavy atom. The third kappa shape index (κ3) is 4.08. The third-order valence-corrected chi connectivity index (χ3v) is 6.11. The second-order valence-electron chi connectivity index (χ2n) is 3.66. The largest absolute Gasteiger partial charge is 0.250 e. The van der Waals surface area contributed by atoms with Crippen molar-refractivity contribution in [3.05, 3.63) is 50.8 Å². The van der Waals surface area contributed by atoms with E-state index in [0.717, 1.165) is 15.1 Å². The average molecular weight is 391 g/mol. The topological polar surface area (TPSA) is 46.2 Å². The maximum atomic E-state index is 11.9. The Bertz CT molecular complexity index is 775. The molecule has 104 valence electrons. The lowest BCUT2D eigenvalue weighted by Crippen LogP contribution is -2.23. The molecule has 1 aromatic heterocycles. The van der Waals surface area contributed by atoms with Gasteiger partial charge in [-0.1, -0.05) is 35.6 Å². The maximum Gasteiger partial charge on any atom is 0.250 e. The van der Waals surface area contributed by atoms with Gasteiger partial charge in [0.05, 0.1) is 15.4 Å². The summed E-state index contributed by atoms with van der Waals surface area (Å²) in [7, 11) is -3.50. The van der Waals surface area contributed by atoms with Gasteiger partial charge in [-0.3, -0.25) is 0 Å². The van der Waals surface area contributed by atoms with E-state index in [0.29, 0.717) is 10.6 Å². The quantitative estimate of drug-likeness (QED) is 0.815. The fourth-order valence-corrected chi connectivity index (χ4v) is 4.51. The lowest BCUT2D eigenvalue weighted by molar-refractivity contribution is 0.588. The minimum absolute atomic E-state index is 0.0308. The molecule has 0 amide bonds. The van der Waals surface area contributed by atoms with Crippen LogP contribution in [0.1, 0.15) is 5.56 Å². The lowest BCUT2D eigenvalue weighted by Gasteiger charge is -1.99. The smallest absolute Gasteiger partial charge is 0.206 e. The van der Waals surface area contributed by atoms with Crippen LogP contribution in [0.5, 0.6) is 0 Å². The Labute approximate surface area is 135 Å². The number of sulfonamides is 1. The molecule has 0 fully saturated rings. The number of rotatable bonds is 3.